The van der Waals surface area contributed by atoms with Gasteiger partial charge in [0.1, 0.15) is 0 Å². The van der Waals surface area contributed by atoms with Gasteiger partial charge in [-0.15, -0.1) is 0 Å². The van der Waals surface area contributed by atoms with Gasteiger partial charge in [0.25, 0.3) is 0 Å². The van der Waals surface area contributed by atoms with Crippen LogP contribution in [-0.2, 0) is 16.8 Å². The average Bonchev–Trinajstić information content (AvgIpc) is 3.30. The van der Waals surface area contributed by atoms with E-state index < -0.39 is 5.41 Å². The first-order valence-electron chi connectivity index (χ1n) is 8.85. The van der Waals surface area contributed by atoms with Crippen LogP contribution in [0.1, 0.15) is 37.8 Å². The SMILES string of the molecule is CC(C)N(Cc1ccccc1)C(=O)C1(c2ccc3c(c2)OCO3)CC1. The molecule has 4 heteroatoms. The molecule has 0 radical (unpaired) electrons. The normalized spacial score (nSPS) is 16.8. The zero-order chi connectivity index (χ0) is 17.4. The van der Waals surface area contributed by atoms with Crippen LogP contribution in [0.15, 0.2) is 48.5 Å². The van der Waals surface area contributed by atoms with Gasteiger partial charge in [0, 0.05) is 12.6 Å². The Hall–Kier alpha value is -2.49. The molecule has 1 aliphatic heterocycles. The van der Waals surface area contributed by atoms with Gasteiger partial charge in [-0.1, -0.05) is 36.4 Å². The molecule has 1 aliphatic carbocycles. The van der Waals surface area contributed by atoms with Crippen molar-refractivity contribution in [1.82, 2.24) is 4.90 Å². The zero-order valence-electron chi connectivity index (χ0n) is 14.7. The van der Waals surface area contributed by atoms with Crippen LogP contribution < -0.4 is 9.47 Å². The molecule has 2 aromatic carbocycles. The van der Waals surface area contributed by atoms with Crippen molar-refractivity contribution in [2.75, 3.05) is 6.79 Å². The van der Waals surface area contributed by atoms with E-state index in [0.717, 1.165) is 35.5 Å². The Bertz CT molecular complexity index is 781. The van der Waals surface area contributed by atoms with Gasteiger partial charge in [0.05, 0.1) is 5.41 Å². The summed E-state index contributed by atoms with van der Waals surface area (Å²) in [5.74, 6) is 1.72. The molecule has 25 heavy (non-hydrogen) atoms. The molecule has 0 bridgehead atoms. The van der Waals surface area contributed by atoms with Gasteiger partial charge in [0.2, 0.25) is 12.7 Å². The molecule has 0 atom stereocenters. The molecule has 0 N–H and O–H groups in total. The summed E-state index contributed by atoms with van der Waals surface area (Å²) in [5.41, 5.74) is 1.80. The minimum Gasteiger partial charge on any atom is -0.454 e. The average molecular weight is 337 g/mol. The van der Waals surface area contributed by atoms with Crippen molar-refractivity contribution < 1.29 is 14.3 Å². The van der Waals surface area contributed by atoms with Gasteiger partial charge < -0.3 is 14.4 Å². The van der Waals surface area contributed by atoms with E-state index >= 15 is 0 Å². The van der Waals surface area contributed by atoms with Gasteiger partial charge in [0.15, 0.2) is 11.5 Å². The predicted molar refractivity (Wildman–Crippen MR) is 95.6 cm³/mol. The first kappa shape index (κ1) is 16.0. The van der Waals surface area contributed by atoms with Gasteiger partial charge in [-0.3, -0.25) is 4.79 Å². The molecule has 0 saturated heterocycles. The fourth-order valence-corrected chi connectivity index (χ4v) is 3.49. The number of hydrogen-bond acceptors (Lipinski definition) is 3. The van der Waals surface area contributed by atoms with Crippen molar-refractivity contribution >= 4 is 5.91 Å². The van der Waals surface area contributed by atoms with E-state index in [2.05, 4.69) is 26.0 Å². The first-order valence-corrected chi connectivity index (χ1v) is 8.85. The highest BCUT2D eigenvalue weighted by Crippen LogP contribution is 2.52. The summed E-state index contributed by atoms with van der Waals surface area (Å²) in [7, 11) is 0. The van der Waals surface area contributed by atoms with Crippen molar-refractivity contribution in [2.45, 2.75) is 44.7 Å². The maximum atomic E-state index is 13.4. The molecule has 4 rings (SSSR count). The highest BCUT2D eigenvalue weighted by Gasteiger charge is 2.53. The molecule has 130 valence electrons. The lowest BCUT2D eigenvalue weighted by Crippen LogP contribution is -2.43. The van der Waals surface area contributed by atoms with Crippen molar-refractivity contribution in [3.8, 4) is 11.5 Å². The molecule has 0 unspecified atom stereocenters. The Morgan fingerprint density at radius 3 is 2.48 bits per heavy atom. The number of fused-ring (bicyclic) bond motifs is 1. The van der Waals surface area contributed by atoms with Gasteiger partial charge in [-0.25, -0.2) is 0 Å². The second-order valence-corrected chi connectivity index (χ2v) is 7.16. The second kappa shape index (κ2) is 6.10. The van der Waals surface area contributed by atoms with E-state index in [9.17, 15) is 4.79 Å². The van der Waals surface area contributed by atoms with E-state index in [1.54, 1.807) is 0 Å². The molecular formula is C21H23NO3. The maximum Gasteiger partial charge on any atom is 0.233 e. The van der Waals surface area contributed by atoms with Crippen LogP contribution in [0.3, 0.4) is 0 Å². The Balaban J connectivity index is 1.61. The highest BCUT2D eigenvalue weighted by molar-refractivity contribution is 5.91. The summed E-state index contributed by atoms with van der Waals surface area (Å²) >= 11 is 0. The van der Waals surface area contributed by atoms with Crippen molar-refractivity contribution in [3.63, 3.8) is 0 Å². The third kappa shape index (κ3) is 2.86. The maximum absolute atomic E-state index is 13.4. The lowest BCUT2D eigenvalue weighted by molar-refractivity contribution is -0.136. The molecule has 0 aromatic heterocycles. The predicted octanol–water partition coefficient (Wildman–Crippen LogP) is 3.88. The fourth-order valence-electron chi connectivity index (χ4n) is 3.49. The van der Waals surface area contributed by atoms with Crippen LogP contribution >= 0.6 is 0 Å². The van der Waals surface area contributed by atoms with Crippen LogP contribution in [0.5, 0.6) is 11.5 Å². The van der Waals surface area contributed by atoms with Crippen LogP contribution in [0, 0.1) is 0 Å². The lowest BCUT2D eigenvalue weighted by Gasteiger charge is -2.31. The number of nitrogens with zero attached hydrogens (tertiary/aromatic N) is 1. The quantitative estimate of drug-likeness (QED) is 0.831. The van der Waals surface area contributed by atoms with Gasteiger partial charge in [-0.2, -0.15) is 0 Å². The molecule has 2 aromatic rings. The van der Waals surface area contributed by atoms with Crippen LogP contribution in [0.25, 0.3) is 0 Å². The first-order chi connectivity index (χ1) is 12.1. The summed E-state index contributed by atoms with van der Waals surface area (Å²) in [6.45, 7) is 5.06. The topological polar surface area (TPSA) is 38.8 Å². The fraction of sp³-hybridized carbons (Fsp3) is 0.381. The van der Waals surface area contributed by atoms with E-state index in [-0.39, 0.29) is 18.7 Å². The van der Waals surface area contributed by atoms with Crippen molar-refractivity contribution in [2.24, 2.45) is 0 Å². The molecule has 0 spiro atoms. The summed E-state index contributed by atoms with van der Waals surface area (Å²) in [6.07, 6.45) is 1.78. The van der Waals surface area contributed by atoms with E-state index in [1.165, 1.54) is 0 Å². The molecular weight excluding hydrogens is 314 g/mol. The molecule has 4 nitrogen and oxygen atoms in total. The molecule has 1 amide bonds. The minimum atomic E-state index is -0.403. The summed E-state index contributed by atoms with van der Waals surface area (Å²) in [5, 5.41) is 0. The van der Waals surface area contributed by atoms with Crippen molar-refractivity contribution in [1.29, 1.82) is 0 Å². The molecule has 2 aliphatic rings. The Labute approximate surface area is 148 Å². The Kier molecular flexibility index (Phi) is 3.91. The number of amides is 1. The number of carbonyl (C=O) groups excluding carboxylic acids is 1. The Morgan fingerprint density at radius 1 is 1.08 bits per heavy atom. The van der Waals surface area contributed by atoms with Gasteiger partial charge >= 0.3 is 0 Å². The summed E-state index contributed by atoms with van der Waals surface area (Å²) in [6, 6.07) is 16.2. The summed E-state index contributed by atoms with van der Waals surface area (Å²) in [4.78, 5) is 15.4. The van der Waals surface area contributed by atoms with Crippen molar-refractivity contribution in [3.05, 3.63) is 59.7 Å². The standard InChI is InChI=1S/C21H23NO3/c1-15(2)22(13-16-6-4-3-5-7-16)20(23)21(10-11-21)17-8-9-18-19(12-17)25-14-24-18/h3-9,12,15H,10-11,13-14H2,1-2H3. The van der Waals surface area contributed by atoms with Crippen LogP contribution in [0.2, 0.25) is 0 Å². The van der Waals surface area contributed by atoms with E-state index in [1.807, 2.05) is 41.3 Å². The van der Waals surface area contributed by atoms with Crippen LogP contribution in [0.4, 0.5) is 0 Å². The van der Waals surface area contributed by atoms with E-state index in [0.29, 0.717) is 6.54 Å². The second-order valence-electron chi connectivity index (χ2n) is 7.16. The Morgan fingerprint density at radius 2 is 1.80 bits per heavy atom. The number of hydrogen-bond donors (Lipinski definition) is 0. The lowest BCUT2D eigenvalue weighted by atomic mass is 9.93. The zero-order valence-corrected chi connectivity index (χ0v) is 14.7. The number of carbonyl (C=O) groups is 1. The molecule has 1 saturated carbocycles. The monoisotopic (exact) mass is 337 g/mol. The van der Waals surface area contributed by atoms with E-state index in [4.69, 9.17) is 9.47 Å². The third-order valence-electron chi connectivity index (χ3n) is 5.16. The number of ether oxygens (including phenoxy) is 2. The van der Waals surface area contributed by atoms with Crippen LogP contribution in [-0.4, -0.2) is 23.6 Å². The summed E-state index contributed by atoms with van der Waals surface area (Å²) < 4.78 is 10.9. The number of rotatable bonds is 5. The highest BCUT2D eigenvalue weighted by atomic mass is 16.7. The smallest absolute Gasteiger partial charge is 0.233 e. The largest absolute Gasteiger partial charge is 0.454 e. The third-order valence-corrected chi connectivity index (χ3v) is 5.16. The minimum absolute atomic E-state index is 0.152. The van der Waals surface area contributed by atoms with Gasteiger partial charge in [-0.05, 0) is 49.9 Å². The molecule has 1 heterocycles. The number of benzene rings is 2. The molecule has 1 fully saturated rings.